The molecule has 5 rings (SSSR count). The molecule has 2 N–H and O–H groups in total. The van der Waals surface area contributed by atoms with Crippen LogP contribution in [0.25, 0.3) is 0 Å². The molecule has 172 valence electrons. The summed E-state index contributed by atoms with van der Waals surface area (Å²) in [7, 11) is 2.24. The normalized spacial score (nSPS) is 41.9. The molecule has 1 aliphatic heterocycles. The number of aliphatic hydroxyl groups is 1. The van der Waals surface area contributed by atoms with Crippen LogP contribution in [0, 0.1) is 34.5 Å². The number of allylic oxidation sites excluding steroid dienone is 1. The Morgan fingerprint density at radius 3 is 2.71 bits per heavy atom. The molecule has 0 spiro atoms. The van der Waals surface area contributed by atoms with Crippen molar-refractivity contribution in [2.75, 3.05) is 46.4 Å². The van der Waals surface area contributed by atoms with Gasteiger partial charge in [-0.15, -0.1) is 0 Å². The first kappa shape index (κ1) is 21.7. The third-order valence-corrected chi connectivity index (χ3v) is 10.3. The second-order valence-electron chi connectivity index (χ2n) is 11.7. The third kappa shape index (κ3) is 3.52. The zero-order valence-electron chi connectivity index (χ0n) is 19.9. The Morgan fingerprint density at radius 2 is 1.97 bits per heavy atom. The third-order valence-electron chi connectivity index (χ3n) is 10.3. The number of piperazine rings is 1. The summed E-state index contributed by atoms with van der Waals surface area (Å²) in [5.41, 5.74) is 4.65. The molecule has 5 heteroatoms. The molecule has 0 amide bonds. The number of aromatic nitrogens is 2. The summed E-state index contributed by atoms with van der Waals surface area (Å²) >= 11 is 0. The Balaban J connectivity index is 1.44. The van der Waals surface area contributed by atoms with Crippen LogP contribution in [0.5, 0.6) is 0 Å². The average molecular weight is 427 g/mol. The van der Waals surface area contributed by atoms with Gasteiger partial charge < -0.3 is 14.9 Å². The number of hydrogen-bond acceptors (Lipinski definition) is 4. The van der Waals surface area contributed by atoms with Gasteiger partial charge in [-0.1, -0.05) is 26.0 Å². The number of nitrogens with zero attached hydrogens (tertiary/aromatic N) is 3. The van der Waals surface area contributed by atoms with E-state index in [1.807, 2.05) is 0 Å². The molecule has 3 fully saturated rings. The molecule has 0 aromatic carbocycles. The fourth-order valence-electron chi connectivity index (χ4n) is 8.02. The molecular formula is C26H42N4O. The zero-order chi connectivity index (χ0) is 21.8. The van der Waals surface area contributed by atoms with Gasteiger partial charge in [0.15, 0.2) is 0 Å². The Kier molecular flexibility index (Phi) is 5.59. The molecule has 1 saturated heterocycles. The monoisotopic (exact) mass is 426 g/mol. The summed E-state index contributed by atoms with van der Waals surface area (Å²) in [6, 6.07) is 0. The molecule has 0 bridgehead atoms. The van der Waals surface area contributed by atoms with Crippen LogP contribution in [-0.2, 0) is 12.8 Å². The van der Waals surface area contributed by atoms with Crippen LogP contribution < -0.4 is 0 Å². The summed E-state index contributed by atoms with van der Waals surface area (Å²) in [6.45, 7) is 15.6. The topological polar surface area (TPSA) is 55.4 Å². The summed E-state index contributed by atoms with van der Waals surface area (Å²) in [5.74, 6) is 2.17. The highest BCUT2D eigenvalue weighted by Gasteiger charge is 2.56. The predicted molar refractivity (Wildman–Crippen MR) is 125 cm³/mol. The quantitative estimate of drug-likeness (QED) is 0.725. The lowest BCUT2D eigenvalue weighted by atomic mass is 9.49. The average Bonchev–Trinajstić information content (AvgIpc) is 3.32. The number of H-pyrrole nitrogens is 1. The van der Waals surface area contributed by atoms with E-state index in [0.717, 1.165) is 19.3 Å². The zero-order valence-corrected chi connectivity index (χ0v) is 19.9. The molecule has 0 unspecified atom stereocenters. The van der Waals surface area contributed by atoms with E-state index < -0.39 is 0 Å². The maximum Gasteiger partial charge on any atom is 0.0522 e. The summed E-state index contributed by atoms with van der Waals surface area (Å²) in [4.78, 5) is 5.14. The Hall–Kier alpha value is -1.17. The maximum atomic E-state index is 10.7. The van der Waals surface area contributed by atoms with Crippen LogP contribution in [-0.4, -0.2) is 71.5 Å². The van der Waals surface area contributed by atoms with Gasteiger partial charge in [0.25, 0.3) is 0 Å². The van der Waals surface area contributed by atoms with Crippen LogP contribution in [0.2, 0.25) is 0 Å². The largest absolute Gasteiger partial charge is 0.396 e. The summed E-state index contributed by atoms with van der Waals surface area (Å²) in [5, 5.41) is 18.4. The van der Waals surface area contributed by atoms with Crippen molar-refractivity contribution < 1.29 is 5.11 Å². The molecule has 2 saturated carbocycles. The van der Waals surface area contributed by atoms with Crippen LogP contribution in [0.3, 0.4) is 0 Å². The molecular weight excluding hydrogens is 384 g/mol. The molecule has 0 radical (unpaired) electrons. The molecule has 2 heterocycles. The van der Waals surface area contributed by atoms with Gasteiger partial charge in [-0.2, -0.15) is 5.10 Å². The summed E-state index contributed by atoms with van der Waals surface area (Å²) < 4.78 is 0. The van der Waals surface area contributed by atoms with E-state index in [4.69, 9.17) is 0 Å². The SMILES string of the molecule is C=C1CC[C@H]2[C@H](CO)[C@@H]([C@@]3(C)Cc4cn[nH]c4C[C@@H]3CN3CCN(C)CC3)CC[C@]12C. The molecule has 4 aliphatic rings. The first-order valence-corrected chi connectivity index (χ1v) is 12.6. The van der Waals surface area contributed by atoms with E-state index >= 15 is 0 Å². The van der Waals surface area contributed by atoms with Gasteiger partial charge in [0.1, 0.15) is 0 Å². The lowest BCUT2D eigenvalue weighted by Crippen LogP contribution is -2.55. The van der Waals surface area contributed by atoms with Crippen molar-refractivity contribution in [1.29, 1.82) is 0 Å². The van der Waals surface area contributed by atoms with Crippen molar-refractivity contribution in [3.8, 4) is 0 Å². The first-order chi connectivity index (χ1) is 14.8. The predicted octanol–water partition coefficient (Wildman–Crippen LogP) is 3.37. The Bertz CT molecular complexity index is 812. The van der Waals surface area contributed by atoms with E-state index in [2.05, 4.69) is 53.7 Å². The van der Waals surface area contributed by atoms with Crippen LogP contribution in [0.1, 0.15) is 50.8 Å². The van der Waals surface area contributed by atoms with Gasteiger partial charge in [-0.05, 0) is 85.6 Å². The maximum absolute atomic E-state index is 10.7. The molecule has 3 aliphatic carbocycles. The fraction of sp³-hybridized carbons (Fsp3) is 0.808. The van der Waals surface area contributed by atoms with Crippen molar-refractivity contribution >= 4 is 0 Å². The molecule has 1 aromatic rings. The molecule has 31 heavy (non-hydrogen) atoms. The van der Waals surface area contributed by atoms with Crippen molar-refractivity contribution in [2.24, 2.45) is 34.5 Å². The van der Waals surface area contributed by atoms with Gasteiger partial charge in [-0.3, -0.25) is 5.10 Å². The van der Waals surface area contributed by atoms with Crippen molar-refractivity contribution in [1.82, 2.24) is 20.0 Å². The molecule has 1 aromatic heterocycles. The van der Waals surface area contributed by atoms with Gasteiger partial charge in [0, 0.05) is 45.0 Å². The number of rotatable bonds is 4. The highest BCUT2D eigenvalue weighted by atomic mass is 16.3. The minimum atomic E-state index is 0.207. The number of hydrogen-bond donors (Lipinski definition) is 2. The second-order valence-corrected chi connectivity index (χ2v) is 11.7. The number of aliphatic hydroxyl groups excluding tert-OH is 1. The Labute approximate surface area is 188 Å². The van der Waals surface area contributed by atoms with Gasteiger partial charge in [0.2, 0.25) is 0 Å². The second kappa shape index (κ2) is 8.00. The smallest absolute Gasteiger partial charge is 0.0522 e. The number of nitrogens with one attached hydrogen (secondary N) is 1. The lowest BCUT2D eigenvalue weighted by Gasteiger charge is -2.56. The number of aromatic amines is 1. The van der Waals surface area contributed by atoms with E-state index in [1.165, 1.54) is 68.8 Å². The van der Waals surface area contributed by atoms with E-state index in [1.54, 1.807) is 0 Å². The van der Waals surface area contributed by atoms with Crippen LogP contribution >= 0.6 is 0 Å². The van der Waals surface area contributed by atoms with Crippen molar-refractivity contribution in [3.05, 3.63) is 29.6 Å². The van der Waals surface area contributed by atoms with Crippen molar-refractivity contribution in [3.63, 3.8) is 0 Å². The van der Waals surface area contributed by atoms with Gasteiger partial charge in [-0.25, -0.2) is 0 Å². The highest BCUT2D eigenvalue weighted by Crippen LogP contribution is 2.62. The first-order valence-electron chi connectivity index (χ1n) is 12.6. The van der Waals surface area contributed by atoms with Crippen molar-refractivity contribution in [2.45, 2.75) is 52.4 Å². The Morgan fingerprint density at radius 1 is 1.19 bits per heavy atom. The van der Waals surface area contributed by atoms with Gasteiger partial charge >= 0.3 is 0 Å². The number of fused-ring (bicyclic) bond motifs is 2. The minimum absolute atomic E-state index is 0.207. The molecule has 5 nitrogen and oxygen atoms in total. The van der Waals surface area contributed by atoms with E-state index in [9.17, 15) is 5.11 Å². The minimum Gasteiger partial charge on any atom is -0.396 e. The standard InChI is InChI=1S/C26H42N4O/c1-18-5-6-22-21(17-31)23(7-8-25(18,22)2)26(3)14-19-15-27-28-24(19)13-20(26)16-30-11-9-29(4)10-12-30/h15,20-23,31H,1,5-14,16-17H2,2-4H3,(H,27,28)/t20-,21+,22+,23+,25-,26+/m1/s1. The van der Waals surface area contributed by atoms with Crippen LogP contribution in [0.15, 0.2) is 18.3 Å². The lowest BCUT2D eigenvalue weighted by molar-refractivity contribution is -0.0712. The highest BCUT2D eigenvalue weighted by molar-refractivity contribution is 5.26. The van der Waals surface area contributed by atoms with E-state index in [-0.39, 0.29) is 10.8 Å². The number of likely N-dealkylation sites (N-methyl/N-ethyl adjacent to an activating group) is 1. The summed E-state index contributed by atoms with van der Waals surface area (Å²) in [6.07, 6.45) is 9.10. The van der Waals surface area contributed by atoms with Gasteiger partial charge in [0.05, 0.1) is 6.20 Å². The fourth-order valence-corrected chi connectivity index (χ4v) is 8.02. The van der Waals surface area contributed by atoms with Crippen LogP contribution in [0.4, 0.5) is 0 Å². The molecule has 6 atom stereocenters. The van der Waals surface area contributed by atoms with E-state index in [0.29, 0.717) is 30.3 Å².